The molecule has 1 saturated carbocycles. The minimum Gasteiger partial charge on any atom is -0.468 e. The molecule has 1 heterocycles. The molecule has 16 heavy (non-hydrogen) atoms. The van der Waals surface area contributed by atoms with Crippen molar-refractivity contribution in [2.75, 3.05) is 7.11 Å². The molecule has 0 unspecified atom stereocenters. The molecular weight excluding hydrogens is 204 g/mol. The predicted molar refractivity (Wildman–Crippen MR) is 59.1 cm³/mol. The van der Waals surface area contributed by atoms with Crippen LogP contribution in [-0.4, -0.2) is 23.0 Å². The summed E-state index contributed by atoms with van der Waals surface area (Å²) >= 11 is 0. The molecule has 0 bridgehead atoms. The van der Waals surface area contributed by atoms with E-state index in [-0.39, 0.29) is 5.97 Å². The Morgan fingerprint density at radius 2 is 1.88 bits per heavy atom. The standard InChI is InChI=1S/C12H16N2O2/c1-8-7-9(2)14-10(13-8)12(5-4-6-12)11(15)16-3/h7H,4-6H2,1-3H3. The maximum Gasteiger partial charge on any atom is 0.319 e. The van der Waals surface area contributed by atoms with Gasteiger partial charge in [-0.3, -0.25) is 4.79 Å². The van der Waals surface area contributed by atoms with E-state index >= 15 is 0 Å². The second-order valence-electron chi connectivity index (χ2n) is 4.40. The highest BCUT2D eigenvalue weighted by Gasteiger charge is 2.49. The van der Waals surface area contributed by atoms with Gasteiger partial charge in [-0.05, 0) is 32.8 Å². The van der Waals surface area contributed by atoms with Gasteiger partial charge in [0, 0.05) is 11.4 Å². The highest BCUT2D eigenvalue weighted by molar-refractivity contribution is 5.83. The maximum absolute atomic E-state index is 11.8. The maximum atomic E-state index is 11.8. The second kappa shape index (κ2) is 3.85. The summed E-state index contributed by atoms with van der Waals surface area (Å²) in [6.45, 7) is 3.84. The highest BCUT2D eigenvalue weighted by Crippen LogP contribution is 2.43. The fraction of sp³-hybridized carbons (Fsp3) is 0.583. The molecule has 0 radical (unpaired) electrons. The fourth-order valence-electron chi connectivity index (χ4n) is 2.18. The summed E-state index contributed by atoms with van der Waals surface area (Å²) in [6, 6.07) is 1.91. The normalized spacial score (nSPS) is 17.7. The number of hydrogen-bond donors (Lipinski definition) is 0. The number of nitrogens with zero attached hydrogens (tertiary/aromatic N) is 2. The quantitative estimate of drug-likeness (QED) is 0.712. The predicted octanol–water partition coefficient (Wildman–Crippen LogP) is 1.69. The van der Waals surface area contributed by atoms with Crippen LogP contribution in [0.15, 0.2) is 6.07 Å². The lowest BCUT2D eigenvalue weighted by atomic mass is 9.68. The number of ether oxygens (including phenoxy) is 1. The third-order valence-electron chi connectivity index (χ3n) is 3.19. The van der Waals surface area contributed by atoms with Crippen LogP contribution in [0.5, 0.6) is 0 Å². The van der Waals surface area contributed by atoms with Crippen molar-refractivity contribution in [3.63, 3.8) is 0 Å². The molecule has 2 rings (SSSR count). The Morgan fingerprint density at radius 3 is 2.25 bits per heavy atom. The van der Waals surface area contributed by atoms with E-state index in [2.05, 4.69) is 9.97 Å². The van der Waals surface area contributed by atoms with Crippen molar-refractivity contribution in [2.24, 2.45) is 0 Å². The lowest BCUT2D eigenvalue weighted by Gasteiger charge is -2.37. The molecule has 4 nitrogen and oxygen atoms in total. The summed E-state index contributed by atoms with van der Waals surface area (Å²) in [6.07, 6.45) is 2.62. The molecule has 1 fully saturated rings. The molecule has 1 aliphatic carbocycles. The lowest BCUT2D eigenvalue weighted by molar-refractivity contribution is -0.151. The van der Waals surface area contributed by atoms with E-state index in [1.807, 2.05) is 19.9 Å². The highest BCUT2D eigenvalue weighted by atomic mass is 16.5. The Kier molecular flexibility index (Phi) is 2.66. The monoisotopic (exact) mass is 220 g/mol. The second-order valence-corrected chi connectivity index (χ2v) is 4.40. The number of hydrogen-bond acceptors (Lipinski definition) is 4. The molecule has 0 saturated heterocycles. The van der Waals surface area contributed by atoms with Crippen LogP contribution in [0.4, 0.5) is 0 Å². The average molecular weight is 220 g/mol. The van der Waals surface area contributed by atoms with Gasteiger partial charge in [0.15, 0.2) is 0 Å². The first kappa shape index (κ1) is 11.0. The fourth-order valence-corrected chi connectivity index (χ4v) is 2.18. The SMILES string of the molecule is COC(=O)C1(c2nc(C)cc(C)n2)CCC1. The molecular formula is C12H16N2O2. The molecule has 0 N–H and O–H groups in total. The molecule has 0 atom stereocenters. The van der Waals surface area contributed by atoms with Gasteiger partial charge in [-0.25, -0.2) is 9.97 Å². The molecule has 0 aromatic carbocycles. The van der Waals surface area contributed by atoms with Gasteiger partial charge in [-0.2, -0.15) is 0 Å². The van der Waals surface area contributed by atoms with Crippen molar-refractivity contribution in [2.45, 2.75) is 38.5 Å². The number of methoxy groups -OCH3 is 1. The van der Waals surface area contributed by atoms with Gasteiger partial charge in [0.2, 0.25) is 0 Å². The van der Waals surface area contributed by atoms with Crippen molar-refractivity contribution in [3.8, 4) is 0 Å². The van der Waals surface area contributed by atoms with E-state index in [0.29, 0.717) is 5.82 Å². The van der Waals surface area contributed by atoms with E-state index in [0.717, 1.165) is 30.7 Å². The molecule has 4 heteroatoms. The van der Waals surface area contributed by atoms with Gasteiger partial charge in [0.1, 0.15) is 11.2 Å². The van der Waals surface area contributed by atoms with Gasteiger partial charge in [-0.1, -0.05) is 6.42 Å². The van der Waals surface area contributed by atoms with Gasteiger partial charge in [-0.15, -0.1) is 0 Å². The molecule has 1 aromatic rings. The van der Waals surface area contributed by atoms with Crippen LogP contribution in [-0.2, 0) is 14.9 Å². The molecule has 86 valence electrons. The zero-order valence-electron chi connectivity index (χ0n) is 9.91. The Morgan fingerprint density at radius 1 is 1.31 bits per heavy atom. The topological polar surface area (TPSA) is 52.1 Å². The molecule has 0 amide bonds. The van der Waals surface area contributed by atoms with Gasteiger partial charge >= 0.3 is 5.97 Å². The number of carbonyl (C=O) groups is 1. The molecule has 1 aliphatic rings. The van der Waals surface area contributed by atoms with Crippen LogP contribution in [0.2, 0.25) is 0 Å². The Hall–Kier alpha value is -1.45. The van der Waals surface area contributed by atoms with Crippen molar-refractivity contribution >= 4 is 5.97 Å². The molecule has 0 aliphatic heterocycles. The summed E-state index contributed by atoms with van der Waals surface area (Å²) in [7, 11) is 1.42. The Balaban J connectivity index is 2.44. The number of aryl methyl sites for hydroxylation is 2. The molecule has 1 aromatic heterocycles. The van der Waals surface area contributed by atoms with Crippen LogP contribution in [0.3, 0.4) is 0 Å². The summed E-state index contributed by atoms with van der Waals surface area (Å²) in [5.41, 5.74) is 1.22. The third-order valence-corrected chi connectivity index (χ3v) is 3.19. The minimum atomic E-state index is -0.578. The van der Waals surface area contributed by atoms with E-state index in [4.69, 9.17) is 4.74 Å². The third kappa shape index (κ3) is 1.58. The zero-order chi connectivity index (χ0) is 11.8. The number of rotatable bonds is 2. The van der Waals surface area contributed by atoms with Crippen molar-refractivity contribution in [3.05, 3.63) is 23.3 Å². The Labute approximate surface area is 95.1 Å². The molecule has 0 spiro atoms. The smallest absolute Gasteiger partial charge is 0.319 e. The minimum absolute atomic E-state index is 0.205. The summed E-state index contributed by atoms with van der Waals surface area (Å²) in [4.78, 5) is 20.6. The summed E-state index contributed by atoms with van der Waals surface area (Å²) in [5, 5.41) is 0. The van der Waals surface area contributed by atoms with E-state index in [1.54, 1.807) is 0 Å². The first-order chi connectivity index (χ1) is 7.58. The number of carbonyl (C=O) groups excluding carboxylic acids is 1. The van der Waals surface area contributed by atoms with Crippen molar-refractivity contribution in [1.82, 2.24) is 9.97 Å². The summed E-state index contributed by atoms with van der Waals surface area (Å²) in [5.74, 6) is 0.423. The van der Waals surface area contributed by atoms with Crippen molar-refractivity contribution < 1.29 is 9.53 Å². The van der Waals surface area contributed by atoms with Crippen LogP contribution in [0.25, 0.3) is 0 Å². The van der Waals surface area contributed by atoms with E-state index in [9.17, 15) is 4.79 Å². The number of aromatic nitrogens is 2. The van der Waals surface area contributed by atoms with Gasteiger partial charge in [0.25, 0.3) is 0 Å². The van der Waals surface area contributed by atoms with Crippen molar-refractivity contribution in [1.29, 1.82) is 0 Å². The van der Waals surface area contributed by atoms with E-state index in [1.165, 1.54) is 7.11 Å². The lowest BCUT2D eigenvalue weighted by Crippen LogP contribution is -2.45. The van der Waals surface area contributed by atoms with Crippen LogP contribution >= 0.6 is 0 Å². The summed E-state index contributed by atoms with van der Waals surface area (Å²) < 4.78 is 4.87. The Bertz CT molecular complexity index is 405. The first-order valence-electron chi connectivity index (χ1n) is 5.50. The largest absolute Gasteiger partial charge is 0.468 e. The average Bonchev–Trinajstić information content (AvgIpc) is 2.14. The zero-order valence-corrected chi connectivity index (χ0v) is 9.91. The van der Waals surface area contributed by atoms with Crippen LogP contribution in [0.1, 0.15) is 36.5 Å². The van der Waals surface area contributed by atoms with Gasteiger partial charge in [0.05, 0.1) is 7.11 Å². The van der Waals surface area contributed by atoms with Crippen LogP contribution in [0, 0.1) is 13.8 Å². The van der Waals surface area contributed by atoms with Gasteiger partial charge < -0.3 is 4.74 Å². The van der Waals surface area contributed by atoms with Crippen LogP contribution < -0.4 is 0 Å². The number of esters is 1. The van der Waals surface area contributed by atoms with E-state index < -0.39 is 5.41 Å². The first-order valence-corrected chi connectivity index (χ1v) is 5.50.